The highest BCUT2D eigenvalue weighted by Crippen LogP contribution is 2.32. The summed E-state index contributed by atoms with van der Waals surface area (Å²) in [5, 5.41) is 2.96. The molecule has 0 bridgehead atoms. The van der Waals surface area contributed by atoms with E-state index < -0.39 is 0 Å². The van der Waals surface area contributed by atoms with Gasteiger partial charge in [0.2, 0.25) is 11.8 Å². The molecule has 176 valence electrons. The number of nitrogens with zero attached hydrogens (tertiary/aromatic N) is 2. The van der Waals surface area contributed by atoms with Gasteiger partial charge in [-0.3, -0.25) is 14.5 Å². The summed E-state index contributed by atoms with van der Waals surface area (Å²) < 4.78 is 5.16. The number of likely N-dealkylation sites (tertiary alicyclic amines) is 2. The number of ether oxygens (including phenoxy) is 1. The van der Waals surface area contributed by atoms with Crippen molar-refractivity contribution < 1.29 is 14.3 Å². The third kappa shape index (κ3) is 6.35. The molecule has 6 heteroatoms. The van der Waals surface area contributed by atoms with E-state index in [1.165, 1.54) is 5.56 Å². The minimum Gasteiger partial charge on any atom is -0.497 e. The molecular weight excluding hydrogens is 414 g/mol. The van der Waals surface area contributed by atoms with E-state index in [9.17, 15) is 9.59 Å². The van der Waals surface area contributed by atoms with Crippen LogP contribution in [-0.2, 0) is 16.1 Å². The molecule has 1 atom stereocenters. The zero-order chi connectivity index (χ0) is 23.0. The van der Waals surface area contributed by atoms with Gasteiger partial charge in [-0.15, -0.1) is 0 Å². The van der Waals surface area contributed by atoms with Gasteiger partial charge in [0, 0.05) is 24.7 Å². The van der Waals surface area contributed by atoms with Crippen molar-refractivity contribution in [3.63, 3.8) is 0 Å². The highest BCUT2D eigenvalue weighted by molar-refractivity contribution is 5.92. The molecule has 0 aromatic heterocycles. The van der Waals surface area contributed by atoms with E-state index >= 15 is 0 Å². The van der Waals surface area contributed by atoms with E-state index in [1.54, 1.807) is 7.11 Å². The number of anilines is 1. The highest BCUT2D eigenvalue weighted by Gasteiger charge is 2.35. The summed E-state index contributed by atoms with van der Waals surface area (Å²) in [5.74, 6) is 1.62. The molecule has 2 aromatic rings. The van der Waals surface area contributed by atoms with Crippen LogP contribution in [0.25, 0.3) is 0 Å². The number of benzene rings is 2. The van der Waals surface area contributed by atoms with Gasteiger partial charge in [-0.2, -0.15) is 0 Å². The largest absolute Gasteiger partial charge is 0.497 e. The monoisotopic (exact) mass is 449 g/mol. The van der Waals surface area contributed by atoms with Crippen LogP contribution in [0.5, 0.6) is 5.75 Å². The third-order valence-electron chi connectivity index (χ3n) is 6.98. The van der Waals surface area contributed by atoms with Gasteiger partial charge in [0.05, 0.1) is 13.7 Å². The molecule has 4 rings (SSSR count). The van der Waals surface area contributed by atoms with Crippen LogP contribution in [0.15, 0.2) is 54.6 Å². The molecule has 0 spiro atoms. The number of methoxy groups -OCH3 is 1. The standard InChI is InChI=1S/C27H35N3O3/c1-33-24-12-10-23(11-13-24)28-26(31)20-29-17-14-22(15-18-29)25-9-5-6-16-30(27(25)32)19-21-7-3-2-4-8-21/h2-4,7-8,10-13,22,25H,5-6,9,14-20H2,1H3,(H,28,31)/t25-/m0/s1. The van der Waals surface area contributed by atoms with E-state index in [2.05, 4.69) is 27.2 Å². The zero-order valence-corrected chi connectivity index (χ0v) is 19.5. The van der Waals surface area contributed by atoms with Crippen LogP contribution in [0.4, 0.5) is 5.69 Å². The minimum atomic E-state index is -0.00167. The molecule has 2 aliphatic heterocycles. The van der Waals surface area contributed by atoms with Crippen molar-refractivity contribution in [2.45, 2.75) is 38.6 Å². The van der Waals surface area contributed by atoms with E-state index in [0.717, 1.165) is 63.2 Å². The fraction of sp³-hybridized carbons (Fsp3) is 0.481. The Hall–Kier alpha value is -2.86. The maximum Gasteiger partial charge on any atom is 0.238 e. The first-order valence-corrected chi connectivity index (χ1v) is 12.1. The Morgan fingerprint density at radius 2 is 1.70 bits per heavy atom. The molecule has 0 radical (unpaired) electrons. The van der Waals surface area contributed by atoms with Gasteiger partial charge in [0.25, 0.3) is 0 Å². The molecule has 33 heavy (non-hydrogen) atoms. The maximum atomic E-state index is 13.4. The van der Waals surface area contributed by atoms with Gasteiger partial charge in [-0.25, -0.2) is 0 Å². The summed E-state index contributed by atoms with van der Waals surface area (Å²) in [5.41, 5.74) is 1.97. The average molecular weight is 450 g/mol. The van der Waals surface area contributed by atoms with E-state index in [0.29, 0.717) is 24.9 Å². The van der Waals surface area contributed by atoms with Gasteiger partial charge in [0.15, 0.2) is 0 Å². The number of hydrogen-bond donors (Lipinski definition) is 1. The first kappa shape index (κ1) is 23.3. The fourth-order valence-electron chi connectivity index (χ4n) is 5.12. The number of carbonyl (C=O) groups excluding carboxylic acids is 2. The molecule has 2 saturated heterocycles. The molecule has 2 amide bonds. The zero-order valence-electron chi connectivity index (χ0n) is 19.5. The summed E-state index contributed by atoms with van der Waals surface area (Å²) in [6.07, 6.45) is 5.15. The van der Waals surface area contributed by atoms with Gasteiger partial charge in [0.1, 0.15) is 5.75 Å². The van der Waals surface area contributed by atoms with Crippen LogP contribution in [0.1, 0.15) is 37.7 Å². The Morgan fingerprint density at radius 3 is 2.39 bits per heavy atom. The predicted molar refractivity (Wildman–Crippen MR) is 130 cm³/mol. The van der Waals surface area contributed by atoms with E-state index in [4.69, 9.17) is 4.74 Å². The quantitative estimate of drug-likeness (QED) is 0.689. The second kappa shape index (κ2) is 11.3. The Balaban J connectivity index is 1.27. The van der Waals surface area contributed by atoms with Gasteiger partial charge in [-0.05, 0) is 74.5 Å². The normalized spacial score (nSPS) is 20.3. The third-order valence-corrected chi connectivity index (χ3v) is 6.98. The molecular formula is C27H35N3O3. The number of amides is 2. The van der Waals surface area contributed by atoms with Crippen LogP contribution in [-0.4, -0.2) is 54.9 Å². The molecule has 2 heterocycles. The highest BCUT2D eigenvalue weighted by atomic mass is 16.5. The molecule has 6 nitrogen and oxygen atoms in total. The molecule has 0 saturated carbocycles. The van der Waals surface area contributed by atoms with Crippen molar-refractivity contribution >= 4 is 17.5 Å². The Morgan fingerprint density at radius 1 is 0.970 bits per heavy atom. The van der Waals surface area contributed by atoms with Gasteiger partial charge < -0.3 is 15.0 Å². The van der Waals surface area contributed by atoms with Crippen LogP contribution in [0.3, 0.4) is 0 Å². The summed E-state index contributed by atoms with van der Waals surface area (Å²) in [6, 6.07) is 17.7. The van der Waals surface area contributed by atoms with Crippen molar-refractivity contribution in [3.8, 4) is 5.75 Å². The number of hydrogen-bond acceptors (Lipinski definition) is 4. The number of nitrogens with one attached hydrogen (secondary N) is 1. The smallest absolute Gasteiger partial charge is 0.238 e. The molecule has 0 aliphatic carbocycles. The summed E-state index contributed by atoms with van der Waals surface area (Å²) in [6.45, 7) is 3.68. The first-order valence-electron chi connectivity index (χ1n) is 12.1. The van der Waals surface area contributed by atoms with Crippen LogP contribution in [0, 0.1) is 11.8 Å². The van der Waals surface area contributed by atoms with Crippen molar-refractivity contribution in [1.29, 1.82) is 0 Å². The fourth-order valence-corrected chi connectivity index (χ4v) is 5.12. The van der Waals surface area contributed by atoms with Crippen molar-refractivity contribution in [3.05, 3.63) is 60.2 Å². The topological polar surface area (TPSA) is 61.9 Å². The van der Waals surface area contributed by atoms with E-state index in [1.807, 2.05) is 42.5 Å². The lowest BCUT2D eigenvalue weighted by atomic mass is 9.81. The lowest BCUT2D eigenvalue weighted by Gasteiger charge is -2.36. The Labute approximate surface area is 196 Å². The Bertz CT molecular complexity index is 908. The lowest BCUT2D eigenvalue weighted by molar-refractivity contribution is -0.138. The predicted octanol–water partition coefficient (Wildman–Crippen LogP) is 4.17. The maximum absolute atomic E-state index is 13.4. The van der Waals surface area contributed by atoms with Crippen molar-refractivity contribution in [2.75, 3.05) is 38.6 Å². The van der Waals surface area contributed by atoms with Crippen molar-refractivity contribution in [1.82, 2.24) is 9.80 Å². The van der Waals surface area contributed by atoms with Crippen LogP contribution >= 0.6 is 0 Å². The van der Waals surface area contributed by atoms with E-state index in [-0.39, 0.29) is 11.8 Å². The molecule has 0 unspecified atom stereocenters. The summed E-state index contributed by atoms with van der Waals surface area (Å²) >= 11 is 0. The number of carbonyl (C=O) groups is 2. The number of rotatable bonds is 7. The van der Waals surface area contributed by atoms with Crippen LogP contribution < -0.4 is 10.1 Å². The lowest BCUT2D eigenvalue weighted by Crippen LogP contribution is -2.44. The molecule has 2 aliphatic rings. The molecule has 1 N–H and O–H groups in total. The number of piperidine rings is 1. The Kier molecular flexibility index (Phi) is 8.00. The van der Waals surface area contributed by atoms with Gasteiger partial charge >= 0.3 is 0 Å². The van der Waals surface area contributed by atoms with Gasteiger partial charge in [-0.1, -0.05) is 36.8 Å². The second-order valence-corrected chi connectivity index (χ2v) is 9.24. The summed E-state index contributed by atoms with van der Waals surface area (Å²) in [4.78, 5) is 30.2. The van der Waals surface area contributed by atoms with Crippen LogP contribution in [0.2, 0.25) is 0 Å². The van der Waals surface area contributed by atoms with Crippen molar-refractivity contribution in [2.24, 2.45) is 11.8 Å². The minimum absolute atomic E-state index is 0.00167. The second-order valence-electron chi connectivity index (χ2n) is 9.24. The first-order chi connectivity index (χ1) is 16.1. The molecule has 2 aromatic carbocycles. The summed E-state index contributed by atoms with van der Waals surface area (Å²) in [7, 11) is 1.63. The molecule has 2 fully saturated rings. The SMILES string of the molecule is COc1ccc(NC(=O)CN2CCC([C@@H]3CCCCN(Cc4ccccc4)C3=O)CC2)cc1. The average Bonchev–Trinajstić information content (AvgIpc) is 3.02.